The molecule has 0 fully saturated rings. The van der Waals surface area contributed by atoms with E-state index in [0.29, 0.717) is 5.69 Å². The van der Waals surface area contributed by atoms with E-state index in [1.54, 1.807) is 24.3 Å². The Morgan fingerprint density at radius 1 is 1.38 bits per heavy atom. The molecule has 0 aliphatic carbocycles. The van der Waals surface area contributed by atoms with Crippen molar-refractivity contribution in [2.75, 3.05) is 5.73 Å². The molecule has 16 heavy (non-hydrogen) atoms. The normalized spacial score (nSPS) is 11.8. The van der Waals surface area contributed by atoms with Gasteiger partial charge < -0.3 is 16.8 Å². The molecule has 0 aliphatic heterocycles. The van der Waals surface area contributed by atoms with Gasteiger partial charge in [-0.25, -0.2) is 0 Å². The number of benzene rings is 1. The summed E-state index contributed by atoms with van der Waals surface area (Å²) in [4.78, 5) is 22.2. The predicted octanol–water partition coefficient (Wildman–Crippen LogP) is -0.199. The van der Waals surface area contributed by atoms with Crippen LogP contribution in [0.25, 0.3) is 0 Å². The zero-order chi connectivity index (χ0) is 12.1. The number of carbonyl (C=O) groups excluding carboxylic acids is 2. The number of anilines is 1. The minimum atomic E-state index is -0.669. The second kappa shape index (κ2) is 5.16. The molecule has 5 N–H and O–H groups in total. The summed E-state index contributed by atoms with van der Waals surface area (Å²) in [6, 6.07) is 6.42. The van der Waals surface area contributed by atoms with E-state index in [1.165, 1.54) is 6.92 Å². The highest BCUT2D eigenvalue weighted by Crippen LogP contribution is 2.10. The van der Waals surface area contributed by atoms with Crippen LogP contribution in [0.3, 0.4) is 0 Å². The maximum Gasteiger partial charge on any atom is 0.239 e. The first-order chi connectivity index (χ1) is 7.50. The minimum absolute atomic E-state index is 0.143. The van der Waals surface area contributed by atoms with Gasteiger partial charge in [-0.3, -0.25) is 9.59 Å². The summed E-state index contributed by atoms with van der Waals surface area (Å²) in [5, 5.41) is 2.49. The monoisotopic (exact) mass is 221 g/mol. The molecule has 5 heteroatoms. The van der Waals surface area contributed by atoms with Crippen LogP contribution >= 0.6 is 0 Å². The van der Waals surface area contributed by atoms with Crippen LogP contribution in [-0.4, -0.2) is 17.9 Å². The number of hydrogen-bond donors (Lipinski definition) is 3. The van der Waals surface area contributed by atoms with Crippen molar-refractivity contribution in [1.82, 2.24) is 5.32 Å². The van der Waals surface area contributed by atoms with Crippen molar-refractivity contribution in [3.05, 3.63) is 29.8 Å². The van der Waals surface area contributed by atoms with Crippen LogP contribution < -0.4 is 16.8 Å². The highest BCUT2D eigenvalue weighted by molar-refractivity contribution is 5.87. The SMILES string of the molecule is CC(NC(=O)Cc1ccccc1N)C(N)=O. The smallest absolute Gasteiger partial charge is 0.239 e. The lowest BCUT2D eigenvalue weighted by Gasteiger charge is -2.10. The number of primary amides is 1. The van der Waals surface area contributed by atoms with Gasteiger partial charge >= 0.3 is 0 Å². The third kappa shape index (κ3) is 3.27. The van der Waals surface area contributed by atoms with Crippen molar-refractivity contribution in [2.45, 2.75) is 19.4 Å². The van der Waals surface area contributed by atoms with Crippen LogP contribution in [0.4, 0.5) is 5.69 Å². The van der Waals surface area contributed by atoms with Gasteiger partial charge in [0.25, 0.3) is 0 Å². The first-order valence-corrected chi connectivity index (χ1v) is 4.92. The van der Waals surface area contributed by atoms with E-state index >= 15 is 0 Å². The Bertz CT molecular complexity index is 404. The molecular weight excluding hydrogens is 206 g/mol. The third-order valence-corrected chi connectivity index (χ3v) is 2.21. The summed E-state index contributed by atoms with van der Waals surface area (Å²) >= 11 is 0. The Hall–Kier alpha value is -2.04. The van der Waals surface area contributed by atoms with Crippen molar-refractivity contribution in [3.63, 3.8) is 0 Å². The van der Waals surface area contributed by atoms with Gasteiger partial charge in [0.05, 0.1) is 6.42 Å². The first-order valence-electron chi connectivity index (χ1n) is 4.92. The summed E-state index contributed by atoms with van der Waals surface area (Å²) in [5.41, 5.74) is 12.0. The molecule has 1 rings (SSSR count). The molecule has 5 nitrogen and oxygen atoms in total. The molecule has 0 heterocycles. The highest BCUT2D eigenvalue weighted by Gasteiger charge is 2.12. The second-order valence-corrected chi connectivity index (χ2v) is 3.57. The van der Waals surface area contributed by atoms with Crippen LogP contribution in [0.1, 0.15) is 12.5 Å². The molecule has 0 aromatic heterocycles. The number of rotatable bonds is 4. The maximum atomic E-state index is 11.5. The number of hydrogen-bond acceptors (Lipinski definition) is 3. The van der Waals surface area contributed by atoms with Gasteiger partial charge in [-0.2, -0.15) is 0 Å². The van der Waals surface area contributed by atoms with E-state index in [9.17, 15) is 9.59 Å². The van der Waals surface area contributed by atoms with Crippen molar-refractivity contribution >= 4 is 17.5 Å². The van der Waals surface area contributed by atoms with E-state index in [4.69, 9.17) is 11.5 Å². The zero-order valence-electron chi connectivity index (χ0n) is 9.07. The van der Waals surface area contributed by atoms with Crippen molar-refractivity contribution in [3.8, 4) is 0 Å². The number of nitrogens with one attached hydrogen (secondary N) is 1. The maximum absolute atomic E-state index is 11.5. The topological polar surface area (TPSA) is 98.2 Å². The molecule has 2 amide bonds. The van der Waals surface area contributed by atoms with Gasteiger partial charge in [-0.1, -0.05) is 18.2 Å². The van der Waals surface area contributed by atoms with Gasteiger partial charge in [0, 0.05) is 5.69 Å². The highest BCUT2D eigenvalue weighted by atomic mass is 16.2. The Kier molecular flexibility index (Phi) is 3.88. The summed E-state index contributed by atoms with van der Waals surface area (Å²) in [6.45, 7) is 1.54. The summed E-state index contributed by atoms with van der Waals surface area (Å²) in [5.74, 6) is -0.835. The fourth-order valence-corrected chi connectivity index (χ4v) is 1.23. The molecular formula is C11H15N3O2. The Labute approximate surface area is 93.8 Å². The number of nitrogens with two attached hydrogens (primary N) is 2. The van der Waals surface area contributed by atoms with Crippen molar-refractivity contribution in [2.24, 2.45) is 5.73 Å². The van der Waals surface area contributed by atoms with Crippen molar-refractivity contribution < 1.29 is 9.59 Å². The summed E-state index contributed by atoms with van der Waals surface area (Å²) in [6.07, 6.45) is 0.143. The first kappa shape index (κ1) is 12.0. The van der Waals surface area contributed by atoms with E-state index in [2.05, 4.69) is 5.32 Å². The van der Waals surface area contributed by atoms with E-state index in [1.807, 2.05) is 0 Å². The molecule has 1 aromatic carbocycles. The number of carbonyl (C=O) groups is 2. The zero-order valence-corrected chi connectivity index (χ0v) is 9.07. The van der Waals surface area contributed by atoms with Crippen LogP contribution in [0, 0.1) is 0 Å². The van der Waals surface area contributed by atoms with Gasteiger partial charge in [0.1, 0.15) is 6.04 Å². The lowest BCUT2D eigenvalue weighted by atomic mass is 10.1. The third-order valence-electron chi connectivity index (χ3n) is 2.21. The van der Waals surface area contributed by atoms with E-state index in [-0.39, 0.29) is 12.3 Å². The summed E-state index contributed by atoms with van der Waals surface area (Å²) in [7, 11) is 0. The Morgan fingerprint density at radius 3 is 2.56 bits per heavy atom. The van der Waals surface area contributed by atoms with Crippen LogP contribution in [0.15, 0.2) is 24.3 Å². The average Bonchev–Trinajstić information content (AvgIpc) is 2.21. The van der Waals surface area contributed by atoms with Crippen LogP contribution in [0.5, 0.6) is 0 Å². The minimum Gasteiger partial charge on any atom is -0.398 e. The lowest BCUT2D eigenvalue weighted by molar-refractivity contribution is -0.126. The molecule has 1 aromatic rings. The van der Waals surface area contributed by atoms with Crippen molar-refractivity contribution in [1.29, 1.82) is 0 Å². The van der Waals surface area contributed by atoms with Crippen LogP contribution in [-0.2, 0) is 16.0 Å². The number of amides is 2. The average molecular weight is 221 g/mol. The molecule has 0 spiro atoms. The quantitative estimate of drug-likeness (QED) is 0.614. The molecule has 86 valence electrons. The van der Waals surface area contributed by atoms with Crippen LogP contribution in [0.2, 0.25) is 0 Å². The molecule has 0 aliphatic rings. The largest absolute Gasteiger partial charge is 0.398 e. The molecule has 0 bridgehead atoms. The molecule has 1 unspecified atom stereocenters. The molecule has 1 atom stereocenters. The fraction of sp³-hybridized carbons (Fsp3) is 0.273. The predicted molar refractivity (Wildman–Crippen MR) is 61.4 cm³/mol. The van der Waals surface area contributed by atoms with Gasteiger partial charge in [-0.15, -0.1) is 0 Å². The van der Waals surface area contributed by atoms with Gasteiger partial charge in [0.2, 0.25) is 11.8 Å². The molecule has 0 saturated carbocycles. The fourth-order valence-electron chi connectivity index (χ4n) is 1.23. The van der Waals surface area contributed by atoms with Gasteiger partial charge in [0.15, 0.2) is 0 Å². The number of para-hydroxylation sites is 1. The summed E-state index contributed by atoms with van der Waals surface area (Å²) < 4.78 is 0. The lowest BCUT2D eigenvalue weighted by Crippen LogP contribution is -2.42. The van der Waals surface area contributed by atoms with Gasteiger partial charge in [-0.05, 0) is 18.6 Å². The standard InChI is InChI=1S/C11H15N3O2/c1-7(11(13)16)14-10(15)6-8-4-2-3-5-9(8)12/h2-5,7H,6,12H2,1H3,(H2,13,16)(H,14,15). The molecule has 0 saturated heterocycles. The molecule has 0 radical (unpaired) electrons. The Morgan fingerprint density at radius 2 is 2.00 bits per heavy atom. The van der Waals surface area contributed by atoms with E-state index < -0.39 is 11.9 Å². The second-order valence-electron chi connectivity index (χ2n) is 3.57. The van der Waals surface area contributed by atoms with E-state index in [0.717, 1.165) is 5.56 Å². The Balaban J connectivity index is 2.59. The number of nitrogen functional groups attached to an aromatic ring is 1.